The van der Waals surface area contributed by atoms with Gasteiger partial charge in [0, 0.05) is 18.4 Å². The standard InChI is InChI=1S/C13H18BrNO/c14-10-12-6-7-15(11-12)8-9-16-13-4-2-1-3-5-13/h1-5,12H,6-11H2. The Hall–Kier alpha value is -0.540. The second-order valence-electron chi connectivity index (χ2n) is 4.27. The molecule has 1 aliphatic rings. The van der Waals surface area contributed by atoms with Crippen LogP contribution in [0, 0.1) is 5.92 Å². The first-order valence-corrected chi connectivity index (χ1v) is 6.97. The number of rotatable bonds is 5. The normalized spacial score (nSPS) is 21.2. The summed E-state index contributed by atoms with van der Waals surface area (Å²) in [6.07, 6.45) is 1.32. The van der Waals surface area contributed by atoms with Crippen LogP contribution in [0.5, 0.6) is 5.75 Å². The van der Waals surface area contributed by atoms with Gasteiger partial charge in [0.05, 0.1) is 0 Å². The smallest absolute Gasteiger partial charge is 0.119 e. The summed E-state index contributed by atoms with van der Waals surface area (Å²) in [6.45, 7) is 4.26. The molecule has 1 atom stereocenters. The van der Waals surface area contributed by atoms with Crippen LogP contribution in [-0.4, -0.2) is 36.5 Å². The Morgan fingerprint density at radius 3 is 2.81 bits per heavy atom. The molecule has 0 aliphatic carbocycles. The molecule has 0 amide bonds. The predicted molar refractivity (Wildman–Crippen MR) is 70.3 cm³/mol. The molecule has 0 N–H and O–H groups in total. The maximum Gasteiger partial charge on any atom is 0.119 e. The van der Waals surface area contributed by atoms with Crippen molar-refractivity contribution in [1.29, 1.82) is 0 Å². The molecule has 1 unspecified atom stereocenters. The van der Waals surface area contributed by atoms with E-state index in [1.54, 1.807) is 0 Å². The first-order valence-electron chi connectivity index (χ1n) is 5.84. The van der Waals surface area contributed by atoms with Crippen molar-refractivity contribution in [3.05, 3.63) is 30.3 Å². The van der Waals surface area contributed by atoms with Gasteiger partial charge < -0.3 is 4.74 Å². The van der Waals surface area contributed by atoms with Crippen LogP contribution in [0.1, 0.15) is 6.42 Å². The van der Waals surface area contributed by atoms with Crippen LogP contribution in [0.25, 0.3) is 0 Å². The summed E-state index contributed by atoms with van der Waals surface area (Å²) in [7, 11) is 0. The van der Waals surface area contributed by atoms with Gasteiger partial charge in [0.15, 0.2) is 0 Å². The summed E-state index contributed by atoms with van der Waals surface area (Å²) in [6, 6.07) is 10.0. The molecular formula is C13H18BrNO. The fourth-order valence-corrected chi connectivity index (χ4v) is 2.58. The monoisotopic (exact) mass is 283 g/mol. The molecule has 3 heteroatoms. The van der Waals surface area contributed by atoms with E-state index in [9.17, 15) is 0 Å². The third kappa shape index (κ3) is 3.49. The van der Waals surface area contributed by atoms with Gasteiger partial charge in [-0.25, -0.2) is 0 Å². The zero-order chi connectivity index (χ0) is 11.2. The van der Waals surface area contributed by atoms with Crippen molar-refractivity contribution in [2.24, 2.45) is 5.92 Å². The molecule has 0 saturated carbocycles. The molecular weight excluding hydrogens is 266 g/mol. The van der Waals surface area contributed by atoms with Gasteiger partial charge in [-0.05, 0) is 31.0 Å². The minimum absolute atomic E-state index is 0.791. The van der Waals surface area contributed by atoms with Crippen LogP contribution < -0.4 is 4.74 Å². The first kappa shape index (κ1) is 11.9. The van der Waals surface area contributed by atoms with Crippen LogP contribution in [0.15, 0.2) is 30.3 Å². The average molecular weight is 284 g/mol. The van der Waals surface area contributed by atoms with Gasteiger partial charge in [0.25, 0.3) is 0 Å². The van der Waals surface area contributed by atoms with E-state index in [0.29, 0.717) is 0 Å². The molecule has 16 heavy (non-hydrogen) atoms. The summed E-state index contributed by atoms with van der Waals surface area (Å²) in [5.74, 6) is 1.80. The second-order valence-corrected chi connectivity index (χ2v) is 4.92. The quantitative estimate of drug-likeness (QED) is 0.771. The van der Waals surface area contributed by atoms with Gasteiger partial charge in [-0.15, -0.1) is 0 Å². The van der Waals surface area contributed by atoms with Crippen molar-refractivity contribution >= 4 is 15.9 Å². The average Bonchev–Trinajstić information content (AvgIpc) is 2.78. The Morgan fingerprint density at radius 1 is 1.31 bits per heavy atom. The Morgan fingerprint density at radius 2 is 2.12 bits per heavy atom. The minimum atomic E-state index is 0.791. The van der Waals surface area contributed by atoms with Crippen LogP contribution in [0.2, 0.25) is 0 Å². The number of benzene rings is 1. The number of para-hydroxylation sites is 1. The van der Waals surface area contributed by atoms with Crippen molar-refractivity contribution in [2.75, 3.05) is 31.6 Å². The van der Waals surface area contributed by atoms with E-state index in [-0.39, 0.29) is 0 Å². The first-order chi connectivity index (χ1) is 7.88. The van der Waals surface area contributed by atoms with Crippen LogP contribution in [0.3, 0.4) is 0 Å². The number of nitrogens with zero attached hydrogens (tertiary/aromatic N) is 1. The van der Waals surface area contributed by atoms with Crippen LogP contribution in [-0.2, 0) is 0 Å². The molecule has 1 aromatic rings. The number of halogens is 1. The number of ether oxygens (including phenoxy) is 1. The summed E-state index contributed by atoms with van der Waals surface area (Å²) in [5, 5.41) is 1.13. The minimum Gasteiger partial charge on any atom is -0.492 e. The van der Waals surface area contributed by atoms with E-state index >= 15 is 0 Å². The van der Waals surface area contributed by atoms with E-state index < -0.39 is 0 Å². The van der Waals surface area contributed by atoms with Gasteiger partial charge in [-0.2, -0.15) is 0 Å². The number of hydrogen-bond donors (Lipinski definition) is 0. The van der Waals surface area contributed by atoms with Crippen LogP contribution in [0.4, 0.5) is 0 Å². The zero-order valence-corrected chi connectivity index (χ0v) is 11.0. The highest BCUT2D eigenvalue weighted by atomic mass is 79.9. The van der Waals surface area contributed by atoms with Gasteiger partial charge in [0.2, 0.25) is 0 Å². The van der Waals surface area contributed by atoms with Gasteiger partial charge >= 0.3 is 0 Å². The number of hydrogen-bond acceptors (Lipinski definition) is 2. The molecule has 2 nitrogen and oxygen atoms in total. The highest BCUT2D eigenvalue weighted by Crippen LogP contribution is 2.17. The Balaban J connectivity index is 1.65. The molecule has 1 saturated heterocycles. The fourth-order valence-electron chi connectivity index (χ4n) is 2.05. The van der Waals surface area contributed by atoms with E-state index in [4.69, 9.17) is 4.74 Å². The molecule has 88 valence electrons. The maximum atomic E-state index is 5.68. The zero-order valence-electron chi connectivity index (χ0n) is 9.44. The Bertz CT molecular complexity index is 304. The molecule has 0 spiro atoms. The molecule has 1 aromatic carbocycles. The predicted octanol–water partition coefficient (Wildman–Crippen LogP) is 2.78. The van der Waals surface area contributed by atoms with Crippen molar-refractivity contribution in [3.8, 4) is 5.75 Å². The maximum absolute atomic E-state index is 5.68. The van der Waals surface area contributed by atoms with Crippen LogP contribution >= 0.6 is 15.9 Å². The van der Waals surface area contributed by atoms with Crippen molar-refractivity contribution in [3.63, 3.8) is 0 Å². The molecule has 0 bridgehead atoms. The third-order valence-corrected chi connectivity index (χ3v) is 3.92. The Labute approximate surface area is 106 Å². The molecule has 2 rings (SSSR count). The molecule has 1 fully saturated rings. The van der Waals surface area contributed by atoms with E-state index in [1.807, 2.05) is 30.3 Å². The topological polar surface area (TPSA) is 12.5 Å². The number of likely N-dealkylation sites (tertiary alicyclic amines) is 1. The Kier molecular flexibility index (Phi) is 4.67. The lowest BCUT2D eigenvalue weighted by Gasteiger charge is -2.15. The molecule has 0 aromatic heterocycles. The highest BCUT2D eigenvalue weighted by molar-refractivity contribution is 9.09. The van der Waals surface area contributed by atoms with Crippen molar-refractivity contribution in [1.82, 2.24) is 4.90 Å². The van der Waals surface area contributed by atoms with Gasteiger partial charge in [0.1, 0.15) is 12.4 Å². The molecule has 1 heterocycles. The van der Waals surface area contributed by atoms with E-state index in [1.165, 1.54) is 19.5 Å². The summed E-state index contributed by atoms with van der Waals surface area (Å²) < 4.78 is 5.68. The SMILES string of the molecule is BrCC1CCN(CCOc2ccccc2)C1. The van der Waals surface area contributed by atoms with E-state index in [2.05, 4.69) is 20.8 Å². The lowest BCUT2D eigenvalue weighted by molar-refractivity contribution is 0.234. The largest absolute Gasteiger partial charge is 0.492 e. The fraction of sp³-hybridized carbons (Fsp3) is 0.538. The summed E-state index contributed by atoms with van der Waals surface area (Å²) >= 11 is 3.55. The van der Waals surface area contributed by atoms with Gasteiger partial charge in [-0.1, -0.05) is 34.1 Å². The van der Waals surface area contributed by atoms with Crippen molar-refractivity contribution < 1.29 is 4.74 Å². The molecule has 0 radical (unpaired) electrons. The third-order valence-electron chi connectivity index (χ3n) is 3.01. The van der Waals surface area contributed by atoms with Gasteiger partial charge in [-0.3, -0.25) is 4.90 Å². The summed E-state index contributed by atoms with van der Waals surface area (Å²) in [4.78, 5) is 2.48. The number of alkyl halides is 1. The lowest BCUT2D eigenvalue weighted by Crippen LogP contribution is -2.26. The second kappa shape index (κ2) is 6.26. The van der Waals surface area contributed by atoms with E-state index in [0.717, 1.165) is 30.1 Å². The highest BCUT2D eigenvalue weighted by Gasteiger charge is 2.20. The summed E-state index contributed by atoms with van der Waals surface area (Å²) in [5.41, 5.74) is 0. The molecule has 1 aliphatic heterocycles. The van der Waals surface area contributed by atoms with Crippen molar-refractivity contribution in [2.45, 2.75) is 6.42 Å². The lowest BCUT2D eigenvalue weighted by atomic mass is 10.2.